The number of allylic oxidation sites excluding steroid dienone is 3. The molecule has 0 N–H and O–H groups in total. The number of fused-ring (bicyclic) bond motifs is 3. The summed E-state index contributed by atoms with van der Waals surface area (Å²) in [5.74, 6) is 0. The lowest BCUT2D eigenvalue weighted by molar-refractivity contribution is -0.940. The Kier molecular flexibility index (Phi) is 11.3. The van der Waals surface area contributed by atoms with E-state index in [0.717, 1.165) is 38.9 Å². The molecule has 1 aromatic heterocycles. The molecule has 0 saturated carbocycles. The van der Waals surface area contributed by atoms with Crippen molar-refractivity contribution in [3.05, 3.63) is 58.3 Å². The van der Waals surface area contributed by atoms with Crippen LogP contribution in [0.25, 0.3) is 10.9 Å². The van der Waals surface area contributed by atoms with Gasteiger partial charge in [-0.05, 0) is 94.2 Å². The molecule has 0 radical (unpaired) electrons. The van der Waals surface area contributed by atoms with Crippen LogP contribution >= 0.6 is 0 Å². The highest BCUT2D eigenvalue weighted by molar-refractivity contribution is 5.86. The molecule has 0 bridgehead atoms. The molecule has 2 aromatic rings. The van der Waals surface area contributed by atoms with Crippen LogP contribution in [0.3, 0.4) is 0 Å². The third kappa shape index (κ3) is 8.07. The molecule has 2 aliphatic rings. The first-order valence-corrected chi connectivity index (χ1v) is 17.7. The van der Waals surface area contributed by atoms with Gasteiger partial charge in [-0.1, -0.05) is 41.9 Å². The topological polar surface area (TPSA) is 64.0 Å². The van der Waals surface area contributed by atoms with Crippen LogP contribution in [0.4, 0.5) is 9.59 Å². The minimum atomic E-state index is -0.238. The van der Waals surface area contributed by atoms with Gasteiger partial charge in [0.2, 0.25) is 6.73 Å². The van der Waals surface area contributed by atoms with Gasteiger partial charge in [0.25, 0.3) is 0 Å². The molecule has 8 nitrogen and oxygen atoms in total. The van der Waals surface area contributed by atoms with Gasteiger partial charge in [0.05, 0.1) is 13.6 Å². The number of carbonyl (C=O) groups is 2. The minimum absolute atomic E-state index is 0.0895. The Morgan fingerprint density at radius 2 is 1.51 bits per heavy atom. The average molecular weight is 650 g/mol. The Morgan fingerprint density at radius 1 is 0.915 bits per heavy atom. The van der Waals surface area contributed by atoms with Gasteiger partial charge in [-0.25, -0.2) is 9.59 Å². The second-order valence-corrected chi connectivity index (χ2v) is 15.8. The summed E-state index contributed by atoms with van der Waals surface area (Å²) in [6.07, 6.45) is 6.76. The van der Waals surface area contributed by atoms with E-state index >= 15 is 0 Å². The average Bonchev–Trinajstić information content (AvgIpc) is 3.26. The number of amides is 2. The standard InChI is InChI=1S/C39H61N4O4/c1-26(2)41(27(3)4)37(44)46-24-39(11)22-32(15-14-31(39)10)17-19-40-35-16-13-30(9)21-33(35)34-23-43(12,20-18-36(34)40)25-47-38(45)42(28(5)6)29(7)8/h13-16,21,26-29H,17-20,22-25H2,1-12H3/q+1. The van der Waals surface area contributed by atoms with Crippen molar-refractivity contribution >= 4 is 23.1 Å². The normalized spacial score (nSPS) is 21.3. The van der Waals surface area contributed by atoms with Crippen molar-refractivity contribution in [2.24, 2.45) is 5.41 Å². The molecule has 2 heterocycles. The van der Waals surface area contributed by atoms with Gasteiger partial charge in [0, 0.05) is 64.7 Å². The van der Waals surface area contributed by atoms with Gasteiger partial charge in [0.1, 0.15) is 13.2 Å². The molecule has 1 aliphatic carbocycles. The van der Waals surface area contributed by atoms with Gasteiger partial charge >= 0.3 is 12.2 Å². The number of carbonyl (C=O) groups excluding carboxylic acids is 2. The van der Waals surface area contributed by atoms with E-state index in [9.17, 15) is 9.59 Å². The third-order valence-electron chi connectivity index (χ3n) is 10.3. The molecular formula is C39H61N4O4+. The third-order valence-corrected chi connectivity index (χ3v) is 10.3. The lowest BCUT2D eigenvalue weighted by atomic mass is 9.74. The fourth-order valence-corrected chi connectivity index (χ4v) is 7.61. The number of aromatic nitrogens is 1. The molecule has 0 fully saturated rings. The summed E-state index contributed by atoms with van der Waals surface area (Å²) in [6, 6.07) is 7.16. The number of hydrogen-bond donors (Lipinski definition) is 0. The molecule has 8 heteroatoms. The molecule has 1 aromatic carbocycles. The zero-order chi connectivity index (χ0) is 34.8. The second kappa shape index (κ2) is 14.5. The van der Waals surface area contributed by atoms with Gasteiger partial charge in [-0.3, -0.25) is 4.48 Å². The van der Waals surface area contributed by atoms with E-state index in [1.165, 1.54) is 38.9 Å². The van der Waals surface area contributed by atoms with Crippen molar-refractivity contribution in [3.8, 4) is 0 Å². The van der Waals surface area contributed by atoms with Crippen molar-refractivity contribution in [3.63, 3.8) is 0 Å². The summed E-state index contributed by atoms with van der Waals surface area (Å²) >= 11 is 0. The number of ether oxygens (including phenoxy) is 2. The highest BCUT2D eigenvalue weighted by atomic mass is 16.6. The predicted octanol–water partition coefficient (Wildman–Crippen LogP) is 8.59. The quantitative estimate of drug-likeness (QED) is 0.229. The maximum Gasteiger partial charge on any atom is 0.414 e. The Hall–Kier alpha value is -3.26. The van der Waals surface area contributed by atoms with E-state index in [0.29, 0.717) is 17.8 Å². The van der Waals surface area contributed by atoms with Crippen molar-refractivity contribution in [1.82, 2.24) is 14.4 Å². The lowest BCUT2D eigenvalue weighted by Crippen LogP contribution is -2.51. The molecule has 2 unspecified atom stereocenters. The molecule has 4 rings (SSSR count). The van der Waals surface area contributed by atoms with Crippen LogP contribution in [0.2, 0.25) is 0 Å². The Morgan fingerprint density at radius 3 is 2.11 bits per heavy atom. The summed E-state index contributed by atoms with van der Waals surface area (Å²) < 4.78 is 15.1. The number of hydrogen-bond acceptors (Lipinski definition) is 4. The maximum atomic E-state index is 13.0. The molecule has 2 amide bonds. The number of benzene rings is 1. The van der Waals surface area contributed by atoms with Crippen LogP contribution in [0, 0.1) is 12.3 Å². The van der Waals surface area contributed by atoms with Gasteiger partial charge in [-0.15, -0.1) is 0 Å². The molecule has 260 valence electrons. The summed E-state index contributed by atoms with van der Waals surface area (Å²) in [6.45, 7) is 26.2. The van der Waals surface area contributed by atoms with E-state index in [2.05, 4.69) is 62.7 Å². The fraction of sp³-hybridized carbons (Fsp3) is 0.641. The summed E-state index contributed by atoms with van der Waals surface area (Å²) in [7, 11) is 2.21. The highest BCUT2D eigenvalue weighted by Crippen LogP contribution is 2.40. The van der Waals surface area contributed by atoms with Crippen molar-refractivity contribution in [2.45, 2.75) is 133 Å². The number of nitrogens with zero attached hydrogens (tertiary/aromatic N) is 4. The molecule has 0 spiro atoms. The van der Waals surface area contributed by atoms with E-state index in [1.54, 1.807) is 0 Å². The Labute approximate surface area is 283 Å². The minimum Gasteiger partial charge on any atom is -0.448 e. The van der Waals surface area contributed by atoms with Gasteiger partial charge < -0.3 is 23.8 Å². The van der Waals surface area contributed by atoms with Crippen LogP contribution in [0.15, 0.2) is 41.5 Å². The fourth-order valence-electron chi connectivity index (χ4n) is 7.61. The van der Waals surface area contributed by atoms with Crippen LogP contribution < -0.4 is 0 Å². The molecule has 0 saturated heterocycles. The number of aryl methyl sites for hydroxylation is 2. The number of rotatable bonds is 11. The van der Waals surface area contributed by atoms with Crippen LogP contribution in [0.5, 0.6) is 0 Å². The Balaban J connectivity index is 1.49. The monoisotopic (exact) mass is 649 g/mol. The smallest absolute Gasteiger partial charge is 0.414 e. The number of quaternary nitrogens is 1. The summed E-state index contributed by atoms with van der Waals surface area (Å²) in [4.78, 5) is 29.7. The van der Waals surface area contributed by atoms with E-state index in [4.69, 9.17) is 9.47 Å². The van der Waals surface area contributed by atoms with Gasteiger partial charge in [0.15, 0.2) is 0 Å². The summed E-state index contributed by atoms with van der Waals surface area (Å²) in [5.41, 5.74) is 7.71. The molecule has 2 atom stereocenters. The van der Waals surface area contributed by atoms with E-state index < -0.39 is 0 Å². The molecule has 47 heavy (non-hydrogen) atoms. The van der Waals surface area contributed by atoms with Crippen molar-refractivity contribution < 1.29 is 23.5 Å². The van der Waals surface area contributed by atoms with Crippen LogP contribution in [-0.4, -0.2) is 82.1 Å². The first kappa shape index (κ1) is 36.6. The zero-order valence-electron chi connectivity index (χ0n) is 31.3. The zero-order valence-corrected chi connectivity index (χ0v) is 31.3. The SMILES string of the molecule is CC1=CC=C(CCn2c3c(c4cc(C)ccc42)C[N+](C)(COC(=O)N(C(C)C)C(C)C)CC3)CC1(C)COC(=O)N(C(C)C)C(C)C. The molecule has 1 aliphatic heterocycles. The predicted molar refractivity (Wildman–Crippen MR) is 191 cm³/mol. The van der Waals surface area contributed by atoms with E-state index in [-0.39, 0.29) is 41.8 Å². The maximum absolute atomic E-state index is 13.0. The number of likely N-dealkylation sites (N-methyl/N-ethyl adjacent to an activating group) is 1. The highest BCUT2D eigenvalue weighted by Gasteiger charge is 2.36. The lowest BCUT2D eigenvalue weighted by Gasteiger charge is -2.38. The first-order chi connectivity index (χ1) is 22.0. The Bertz CT molecular complexity index is 1500. The van der Waals surface area contributed by atoms with Crippen LogP contribution in [-0.2, 0) is 29.0 Å². The van der Waals surface area contributed by atoms with Crippen molar-refractivity contribution in [2.75, 3.05) is 26.9 Å². The second-order valence-electron chi connectivity index (χ2n) is 15.8. The first-order valence-electron chi connectivity index (χ1n) is 17.7. The summed E-state index contributed by atoms with van der Waals surface area (Å²) in [5, 5.41) is 1.31. The largest absolute Gasteiger partial charge is 0.448 e. The van der Waals surface area contributed by atoms with Crippen LogP contribution in [0.1, 0.15) is 98.9 Å². The molecular weight excluding hydrogens is 588 g/mol. The van der Waals surface area contributed by atoms with E-state index in [1.807, 2.05) is 65.2 Å². The van der Waals surface area contributed by atoms with Gasteiger partial charge in [-0.2, -0.15) is 0 Å². The van der Waals surface area contributed by atoms with Crippen molar-refractivity contribution in [1.29, 1.82) is 0 Å².